The van der Waals surface area contributed by atoms with Crippen LogP contribution < -0.4 is 0 Å². The van der Waals surface area contributed by atoms with Crippen molar-refractivity contribution in [2.75, 3.05) is 7.05 Å². The fourth-order valence-corrected chi connectivity index (χ4v) is 3.76. The van der Waals surface area contributed by atoms with Crippen molar-refractivity contribution < 1.29 is 0 Å². The third-order valence-electron chi connectivity index (χ3n) is 5.60. The van der Waals surface area contributed by atoms with Crippen LogP contribution in [0.25, 0.3) is 0 Å². The summed E-state index contributed by atoms with van der Waals surface area (Å²) in [5, 5.41) is 0. The van der Waals surface area contributed by atoms with Gasteiger partial charge in [0.25, 0.3) is 0 Å². The number of fused-ring (bicyclic) bond motifs is 1. The van der Waals surface area contributed by atoms with Gasteiger partial charge in [-0.05, 0) is 52.1 Å². The second-order valence-electron chi connectivity index (χ2n) is 9.74. The topological polar surface area (TPSA) is 3.24 Å². The van der Waals surface area contributed by atoms with Crippen LogP contribution in [0, 0.1) is 0 Å². The SMILES string of the molecule is CN1Cc2cc(C(C)(C)C)ccc2CC1c1ccc(C(C)(C)C)cc1. The molecule has 1 aliphatic rings. The Hall–Kier alpha value is -1.60. The molecule has 134 valence electrons. The average Bonchev–Trinajstić information content (AvgIpc) is 2.52. The first kappa shape index (κ1) is 18.2. The van der Waals surface area contributed by atoms with E-state index in [0.29, 0.717) is 6.04 Å². The molecule has 1 aliphatic heterocycles. The Bertz CT molecular complexity index is 741. The fourth-order valence-electron chi connectivity index (χ4n) is 3.76. The number of hydrogen-bond donors (Lipinski definition) is 0. The molecule has 1 atom stereocenters. The highest BCUT2D eigenvalue weighted by Gasteiger charge is 2.26. The van der Waals surface area contributed by atoms with Crippen LogP contribution in [-0.4, -0.2) is 11.9 Å². The zero-order chi connectivity index (χ0) is 18.4. The van der Waals surface area contributed by atoms with Gasteiger partial charge in [0.15, 0.2) is 0 Å². The Morgan fingerprint density at radius 3 is 1.88 bits per heavy atom. The Morgan fingerprint density at radius 1 is 0.760 bits per heavy atom. The van der Waals surface area contributed by atoms with E-state index in [1.807, 2.05) is 0 Å². The van der Waals surface area contributed by atoms with Crippen LogP contribution in [0.1, 0.15) is 75.4 Å². The second kappa shape index (κ2) is 6.29. The molecule has 1 heteroatoms. The summed E-state index contributed by atoms with van der Waals surface area (Å²) in [6.45, 7) is 14.7. The van der Waals surface area contributed by atoms with Crippen LogP contribution in [0.15, 0.2) is 42.5 Å². The molecule has 0 saturated carbocycles. The zero-order valence-electron chi connectivity index (χ0n) is 17.0. The number of likely N-dealkylation sites (N-methyl/N-ethyl adjacent to an activating group) is 1. The van der Waals surface area contributed by atoms with Crippen molar-refractivity contribution >= 4 is 0 Å². The Balaban J connectivity index is 1.87. The van der Waals surface area contributed by atoms with Crippen molar-refractivity contribution in [1.82, 2.24) is 4.90 Å². The summed E-state index contributed by atoms with van der Waals surface area (Å²) in [5.41, 5.74) is 7.72. The van der Waals surface area contributed by atoms with Gasteiger partial charge in [0.2, 0.25) is 0 Å². The van der Waals surface area contributed by atoms with Gasteiger partial charge in [-0.1, -0.05) is 84.0 Å². The Labute approximate surface area is 154 Å². The lowest BCUT2D eigenvalue weighted by Crippen LogP contribution is -2.31. The summed E-state index contributed by atoms with van der Waals surface area (Å²) >= 11 is 0. The van der Waals surface area contributed by atoms with Gasteiger partial charge in [0, 0.05) is 12.6 Å². The zero-order valence-corrected chi connectivity index (χ0v) is 17.0. The first-order valence-corrected chi connectivity index (χ1v) is 9.49. The predicted octanol–water partition coefficient (Wildman–Crippen LogP) is 6.01. The fraction of sp³-hybridized carbons (Fsp3) is 0.500. The molecule has 1 nitrogen and oxygen atoms in total. The number of nitrogens with zero attached hydrogens (tertiary/aromatic N) is 1. The number of hydrogen-bond acceptors (Lipinski definition) is 1. The summed E-state index contributed by atoms with van der Waals surface area (Å²) in [5.74, 6) is 0. The maximum atomic E-state index is 2.50. The molecule has 2 aromatic carbocycles. The third kappa shape index (κ3) is 3.82. The quantitative estimate of drug-likeness (QED) is 0.617. The molecule has 0 N–H and O–H groups in total. The van der Waals surface area contributed by atoms with E-state index in [4.69, 9.17) is 0 Å². The van der Waals surface area contributed by atoms with Crippen molar-refractivity contribution in [3.8, 4) is 0 Å². The van der Waals surface area contributed by atoms with E-state index in [1.54, 1.807) is 0 Å². The maximum Gasteiger partial charge on any atom is 0.0389 e. The third-order valence-corrected chi connectivity index (χ3v) is 5.60. The molecular weight excluding hydrogens is 302 g/mol. The molecule has 0 spiro atoms. The minimum atomic E-state index is 0.215. The van der Waals surface area contributed by atoms with E-state index in [2.05, 4.69) is 96.0 Å². The molecule has 1 unspecified atom stereocenters. The summed E-state index contributed by atoms with van der Waals surface area (Å²) in [4.78, 5) is 2.50. The second-order valence-corrected chi connectivity index (χ2v) is 9.74. The van der Waals surface area contributed by atoms with Gasteiger partial charge in [0.1, 0.15) is 0 Å². The molecule has 0 aliphatic carbocycles. The smallest absolute Gasteiger partial charge is 0.0389 e. The molecule has 25 heavy (non-hydrogen) atoms. The van der Waals surface area contributed by atoms with Crippen LogP contribution in [0.3, 0.4) is 0 Å². The van der Waals surface area contributed by atoms with Gasteiger partial charge in [-0.15, -0.1) is 0 Å². The van der Waals surface area contributed by atoms with Crippen molar-refractivity contribution in [2.24, 2.45) is 0 Å². The van der Waals surface area contributed by atoms with E-state index in [-0.39, 0.29) is 10.8 Å². The first-order valence-electron chi connectivity index (χ1n) is 9.49. The van der Waals surface area contributed by atoms with Gasteiger partial charge >= 0.3 is 0 Å². The van der Waals surface area contributed by atoms with Gasteiger partial charge in [-0.3, -0.25) is 4.90 Å². The van der Waals surface area contributed by atoms with Crippen LogP contribution in [-0.2, 0) is 23.8 Å². The Kier molecular flexibility index (Phi) is 4.58. The molecule has 2 aromatic rings. The van der Waals surface area contributed by atoms with E-state index in [1.165, 1.54) is 27.8 Å². The van der Waals surface area contributed by atoms with Gasteiger partial charge in [-0.2, -0.15) is 0 Å². The standard InChI is InChI=1S/C24H33N/c1-23(2,3)20-11-8-17(9-12-20)22-15-18-10-13-21(24(4,5)6)14-19(18)16-25(22)7/h8-14,22H,15-16H2,1-7H3. The van der Waals surface area contributed by atoms with E-state index in [0.717, 1.165) is 13.0 Å². The van der Waals surface area contributed by atoms with Crippen molar-refractivity contribution in [3.05, 3.63) is 70.3 Å². The number of benzene rings is 2. The minimum absolute atomic E-state index is 0.215. The van der Waals surface area contributed by atoms with E-state index in [9.17, 15) is 0 Å². The lowest BCUT2D eigenvalue weighted by atomic mass is 9.82. The lowest BCUT2D eigenvalue weighted by Gasteiger charge is -2.35. The average molecular weight is 336 g/mol. The van der Waals surface area contributed by atoms with Gasteiger partial charge in [-0.25, -0.2) is 0 Å². The molecule has 0 fully saturated rings. The van der Waals surface area contributed by atoms with Gasteiger partial charge < -0.3 is 0 Å². The molecule has 3 rings (SSSR count). The normalized spacial score (nSPS) is 18.9. The molecule has 0 aromatic heterocycles. The van der Waals surface area contributed by atoms with Crippen molar-refractivity contribution in [2.45, 2.75) is 71.4 Å². The highest BCUT2D eigenvalue weighted by Crippen LogP contribution is 2.35. The van der Waals surface area contributed by atoms with Crippen molar-refractivity contribution in [1.29, 1.82) is 0 Å². The minimum Gasteiger partial charge on any atom is -0.295 e. The van der Waals surface area contributed by atoms with E-state index >= 15 is 0 Å². The molecule has 0 bridgehead atoms. The summed E-state index contributed by atoms with van der Waals surface area (Å²) in [6.07, 6.45) is 1.10. The summed E-state index contributed by atoms with van der Waals surface area (Å²) < 4.78 is 0. The first-order chi connectivity index (χ1) is 11.6. The van der Waals surface area contributed by atoms with Crippen LogP contribution >= 0.6 is 0 Å². The molecular formula is C24H33N. The van der Waals surface area contributed by atoms with Gasteiger partial charge in [0.05, 0.1) is 0 Å². The van der Waals surface area contributed by atoms with Crippen LogP contribution in [0.5, 0.6) is 0 Å². The predicted molar refractivity (Wildman–Crippen MR) is 108 cm³/mol. The van der Waals surface area contributed by atoms with Crippen LogP contribution in [0.4, 0.5) is 0 Å². The maximum absolute atomic E-state index is 2.50. The summed E-state index contributed by atoms with van der Waals surface area (Å²) in [6, 6.07) is 16.9. The largest absolute Gasteiger partial charge is 0.295 e. The summed E-state index contributed by atoms with van der Waals surface area (Å²) in [7, 11) is 2.26. The molecule has 1 heterocycles. The van der Waals surface area contributed by atoms with Crippen LogP contribution in [0.2, 0.25) is 0 Å². The number of rotatable bonds is 1. The highest BCUT2D eigenvalue weighted by atomic mass is 15.1. The molecule has 0 amide bonds. The Morgan fingerprint density at radius 2 is 1.32 bits per heavy atom. The monoisotopic (exact) mass is 335 g/mol. The molecule has 0 saturated heterocycles. The lowest BCUT2D eigenvalue weighted by molar-refractivity contribution is 0.217. The highest BCUT2D eigenvalue weighted by molar-refractivity contribution is 5.39. The van der Waals surface area contributed by atoms with E-state index < -0.39 is 0 Å². The van der Waals surface area contributed by atoms with Crippen molar-refractivity contribution in [3.63, 3.8) is 0 Å². The molecule has 0 radical (unpaired) electrons.